The van der Waals surface area contributed by atoms with Crippen molar-refractivity contribution in [1.29, 1.82) is 0 Å². The number of carbonyl (C=O) groups is 1. The Labute approximate surface area is 99.8 Å². The Morgan fingerprint density at radius 2 is 1.81 bits per heavy atom. The Hall–Kier alpha value is -0.530. The molecule has 0 amide bonds. The van der Waals surface area contributed by atoms with E-state index in [0.29, 0.717) is 17.8 Å². The van der Waals surface area contributed by atoms with E-state index in [-0.39, 0.29) is 18.0 Å². The van der Waals surface area contributed by atoms with Gasteiger partial charge in [0.25, 0.3) is 0 Å². The monoisotopic (exact) mass is 226 g/mol. The first-order valence-electron chi connectivity index (χ1n) is 6.62. The lowest BCUT2D eigenvalue weighted by atomic mass is 9.75. The molecule has 2 nitrogen and oxygen atoms in total. The summed E-state index contributed by atoms with van der Waals surface area (Å²) in [4.78, 5) is 11.7. The molecular weight excluding hydrogens is 200 g/mol. The smallest absolute Gasteiger partial charge is 0.308 e. The highest BCUT2D eigenvalue weighted by Gasteiger charge is 2.33. The second-order valence-corrected chi connectivity index (χ2v) is 5.96. The maximum Gasteiger partial charge on any atom is 0.308 e. The Morgan fingerprint density at radius 3 is 2.31 bits per heavy atom. The molecular formula is C14H26O2. The topological polar surface area (TPSA) is 26.3 Å². The molecule has 1 aliphatic rings. The normalized spacial score (nSPS) is 30.8. The highest BCUT2D eigenvalue weighted by molar-refractivity contribution is 5.71. The Bertz CT molecular complexity index is 233. The zero-order chi connectivity index (χ0) is 12.3. The van der Waals surface area contributed by atoms with E-state index < -0.39 is 0 Å². The molecule has 1 unspecified atom stereocenters. The third kappa shape index (κ3) is 3.50. The van der Waals surface area contributed by atoms with Crippen molar-refractivity contribution in [3.05, 3.63) is 0 Å². The van der Waals surface area contributed by atoms with E-state index in [2.05, 4.69) is 20.8 Å². The first-order chi connectivity index (χ1) is 7.41. The molecule has 1 aliphatic carbocycles. The van der Waals surface area contributed by atoms with Crippen molar-refractivity contribution in [2.45, 2.75) is 60.0 Å². The molecule has 16 heavy (non-hydrogen) atoms. The van der Waals surface area contributed by atoms with Crippen molar-refractivity contribution in [3.8, 4) is 0 Å². The van der Waals surface area contributed by atoms with Gasteiger partial charge in [0, 0.05) is 0 Å². The first kappa shape index (κ1) is 13.5. The summed E-state index contributed by atoms with van der Waals surface area (Å²) in [5.41, 5.74) is 0. The van der Waals surface area contributed by atoms with Gasteiger partial charge in [0.1, 0.15) is 6.10 Å². The van der Waals surface area contributed by atoms with Gasteiger partial charge in [0.2, 0.25) is 0 Å². The zero-order valence-corrected chi connectivity index (χ0v) is 11.3. The van der Waals surface area contributed by atoms with Crippen LogP contribution in [0.1, 0.15) is 53.9 Å². The van der Waals surface area contributed by atoms with Gasteiger partial charge in [-0.1, -0.05) is 41.0 Å². The van der Waals surface area contributed by atoms with Crippen LogP contribution in [0.15, 0.2) is 0 Å². The van der Waals surface area contributed by atoms with Crippen LogP contribution < -0.4 is 0 Å². The van der Waals surface area contributed by atoms with Gasteiger partial charge in [-0.3, -0.25) is 4.79 Å². The van der Waals surface area contributed by atoms with E-state index in [1.54, 1.807) is 0 Å². The van der Waals surface area contributed by atoms with Gasteiger partial charge in [-0.05, 0) is 30.6 Å². The fraction of sp³-hybridized carbons (Fsp3) is 0.929. The maximum absolute atomic E-state index is 11.7. The number of carbonyl (C=O) groups excluding carboxylic acids is 1. The van der Waals surface area contributed by atoms with Gasteiger partial charge >= 0.3 is 5.97 Å². The molecule has 0 radical (unpaired) electrons. The summed E-state index contributed by atoms with van der Waals surface area (Å²) in [5.74, 6) is 1.81. The molecule has 0 bridgehead atoms. The molecule has 0 aromatic heterocycles. The molecule has 0 saturated heterocycles. The Morgan fingerprint density at radius 1 is 1.19 bits per heavy atom. The van der Waals surface area contributed by atoms with E-state index >= 15 is 0 Å². The van der Waals surface area contributed by atoms with Gasteiger partial charge in [-0.15, -0.1) is 0 Å². The third-order valence-corrected chi connectivity index (χ3v) is 3.70. The average Bonchev–Trinajstić information content (AvgIpc) is 2.16. The van der Waals surface area contributed by atoms with Gasteiger partial charge in [0.05, 0.1) is 5.92 Å². The number of hydrogen-bond acceptors (Lipinski definition) is 2. The number of esters is 1. The minimum Gasteiger partial charge on any atom is -0.462 e. The molecule has 0 aromatic rings. The fourth-order valence-electron chi connectivity index (χ4n) is 2.54. The van der Waals surface area contributed by atoms with Crippen LogP contribution in [0.4, 0.5) is 0 Å². The highest BCUT2D eigenvalue weighted by atomic mass is 16.5. The van der Waals surface area contributed by atoms with Crippen LogP contribution in [0.25, 0.3) is 0 Å². The fourth-order valence-corrected chi connectivity index (χ4v) is 2.54. The summed E-state index contributed by atoms with van der Waals surface area (Å²) in [5, 5.41) is 0. The number of hydrogen-bond donors (Lipinski definition) is 0. The van der Waals surface area contributed by atoms with E-state index in [9.17, 15) is 4.79 Å². The standard InChI is InChI=1S/C14H26O2/c1-9(2)12-7-6-11(5)8-13(12)16-14(15)10(3)4/h9-13H,6-8H2,1-5H3/t11-,12?,13-/m0/s1. The van der Waals surface area contributed by atoms with Crippen LogP contribution in [0.5, 0.6) is 0 Å². The predicted molar refractivity (Wildman–Crippen MR) is 66.1 cm³/mol. The zero-order valence-electron chi connectivity index (χ0n) is 11.3. The van der Waals surface area contributed by atoms with Gasteiger partial charge in [-0.25, -0.2) is 0 Å². The molecule has 1 fully saturated rings. The SMILES string of the molecule is CC(C)C(=O)O[C@H]1C[C@@H](C)CCC1C(C)C. The summed E-state index contributed by atoms with van der Waals surface area (Å²) in [6.07, 6.45) is 3.67. The Kier molecular flexibility index (Phi) is 4.82. The van der Waals surface area contributed by atoms with Crippen LogP contribution in [0, 0.1) is 23.7 Å². The molecule has 0 aliphatic heterocycles. The molecule has 0 spiro atoms. The molecule has 3 atom stereocenters. The predicted octanol–water partition coefficient (Wildman–Crippen LogP) is 3.65. The van der Waals surface area contributed by atoms with Crippen molar-refractivity contribution in [2.24, 2.45) is 23.7 Å². The van der Waals surface area contributed by atoms with Gasteiger partial charge < -0.3 is 4.74 Å². The van der Waals surface area contributed by atoms with Crippen LogP contribution >= 0.6 is 0 Å². The molecule has 2 heteroatoms. The van der Waals surface area contributed by atoms with Crippen molar-refractivity contribution < 1.29 is 9.53 Å². The minimum atomic E-state index is -0.0373. The average molecular weight is 226 g/mol. The van der Waals surface area contributed by atoms with Crippen LogP contribution in [-0.2, 0) is 9.53 Å². The number of rotatable bonds is 3. The summed E-state index contributed by atoms with van der Waals surface area (Å²) in [6.45, 7) is 10.5. The summed E-state index contributed by atoms with van der Waals surface area (Å²) < 4.78 is 5.66. The summed E-state index contributed by atoms with van der Waals surface area (Å²) >= 11 is 0. The van der Waals surface area contributed by atoms with Crippen molar-refractivity contribution in [1.82, 2.24) is 0 Å². The molecule has 0 aromatic carbocycles. The van der Waals surface area contributed by atoms with Gasteiger partial charge in [0.15, 0.2) is 0 Å². The van der Waals surface area contributed by atoms with Crippen molar-refractivity contribution >= 4 is 5.97 Å². The maximum atomic E-state index is 11.7. The van der Waals surface area contributed by atoms with Crippen LogP contribution in [-0.4, -0.2) is 12.1 Å². The summed E-state index contributed by atoms with van der Waals surface area (Å²) in [6, 6.07) is 0. The van der Waals surface area contributed by atoms with E-state index in [1.165, 1.54) is 12.8 Å². The lowest BCUT2D eigenvalue weighted by molar-refractivity contribution is -0.159. The van der Waals surface area contributed by atoms with Crippen LogP contribution in [0.2, 0.25) is 0 Å². The second-order valence-electron chi connectivity index (χ2n) is 5.96. The summed E-state index contributed by atoms with van der Waals surface area (Å²) in [7, 11) is 0. The molecule has 0 heterocycles. The Balaban J connectivity index is 2.61. The second kappa shape index (κ2) is 5.70. The molecule has 94 valence electrons. The third-order valence-electron chi connectivity index (χ3n) is 3.70. The quantitative estimate of drug-likeness (QED) is 0.687. The molecule has 1 rings (SSSR count). The lowest BCUT2D eigenvalue weighted by Crippen LogP contribution is -2.36. The first-order valence-corrected chi connectivity index (χ1v) is 6.62. The minimum absolute atomic E-state index is 0.00922. The number of ether oxygens (including phenoxy) is 1. The van der Waals surface area contributed by atoms with E-state index in [4.69, 9.17) is 4.74 Å². The van der Waals surface area contributed by atoms with Crippen LogP contribution in [0.3, 0.4) is 0 Å². The lowest BCUT2D eigenvalue weighted by Gasteiger charge is -2.37. The van der Waals surface area contributed by atoms with E-state index in [0.717, 1.165) is 6.42 Å². The highest BCUT2D eigenvalue weighted by Crippen LogP contribution is 2.35. The largest absolute Gasteiger partial charge is 0.462 e. The molecule has 0 N–H and O–H groups in total. The van der Waals surface area contributed by atoms with Gasteiger partial charge in [-0.2, -0.15) is 0 Å². The van der Waals surface area contributed by atoms with Crippen molar-refractivity contribution in [3.63, 3.8) is 0 Å². The van der Waals surface area contributed by atoms with E-state index in [1.807, 2.05) is 13.8 Å². The molecule has 1 saturated carbocycles. The van der Waals surface area contributed by atoms with Crippen molar-refractivity contribution in [2.75, 3.05) is 0 Å².